The molecule has 1 atom stereocenters. The molecule has 0 aliphatic carbocycles. The van der Waals surface area contributed by atoms with E-state index in [1.165, 1.54) is 11.8 Å². The molecular weight excluding hydrogens is 322 g/mol. The average molecular weight is 339 g/mol. The second-order valence-corrected chi connectivity index (χ2v) is 6.14. The lowest BCUT2D eigenvalue weighted by atomic mass is 10.1. The van der Waals surface area contributed by atoms with Crippen LogP contribution >= 0.6 is 11.8 Å². The summed E-state index contributed by atoms with van der Waals surface area (Å²) in [5.74, 6) is 0.756. The molecular formula is C18H17N3O2S. The molecule has 3 rings (SSSR count). The summed E-state index contributed by atoms with van der Waals surface area (Å²) in [6, 6.07) is 17.2. The van der Waals surface area contributed by atoms with Gasteiger partial charge in [0.1, 0.15) is 11.0 Å². The van der Waals surface area contributed by atoms with Gasteiger partial charge in [-0.3, -0.25) is 4.79 Å². The van der Waals surface area contributed by atoms with E-state index >= 15 is 0 Å². The minimum atomic E-state index is -0.273. The fourth-order valence-electron chi connectivity index (χ4n) is 2.23. The molecule has 1 heterocycles. The van der Waals surface area contributed by atoms with Crippen molar-refractivity contribution in [1.82, 2.24) is 5.32 Å². The first-order valence-corrected chi connectivity index (χ1v) is 8.50. The minimum Gasteiger partial charge on any atom is -0.494 e. The van der Waals surface area contributed by atoms with Crippen LogP contribution in [0.5, 0.6) is 5.75 Å². The number of carbonyl (C=O) groups is 1. The molecule has 1 aliphatic rings. The monoisotopic (exact) mass is 339 g/mol. The summed E-state index contributed by atoms with van der Waals surface area (Å²) in [5.41, 5.74) is 1.87. The molecule has 1 N–H and O–H groups in total. The van der Waals surface area contributed by atoms with E-state index in [4.69, 9.17) is 4.74 Å². The lowest BCUT2D eigenvalue weighted by Crippen LogP contribution is -2.21. The maximum absolute atomic E-state index is 12.0. The number of nitrogens with one attached hydrogen (secondary N) is 1. The fraction of sp³-hybridized carbons (Fsp3) is 0.167. The van der Waals surface area contributed by atoms with Crippen molar-refractivity contribution in [2.45, 2.75) is 12.2 Å². The number of nitrogens with zero attached hydrogens (tertiary/aromatic N) is 2. The highest BCUT2D eigenvalue weighted by atomic mass is 32.2. The predicted octanol–water partition coefficient (Wildman–Crippen LogP) is 3.38. The van der Waals surface area contributed by atoms with E-state index in [9.17, 15) is 4.79 Å². The van der Waals surface area contributed by atoms with Gasteiger partial charge < -0.3 is 10.1 Å². The number of hydrogen-bond donors (Lipinski definition) is 1. The third kappa shape index (κ3) is 4.02. The number of ether oxygens (including phenoxy) is 1. The zero-order chi connectivity index (χ0) is 16.8. The number of amidine groups is 1. The number of amides is 1. The van der Waals surface area contributed by atoms with Gasteiger partial charge in [0.05, 0.1) is 12.8 Å². The van der Waals surface area contributed by atoms with Crippen LogP contribution in [0.3, 0.4) is 0 Å². The van der Waals surface area contributed by atoms with Crippen LogP contribution in [0.4, 0.5) is 0 Å². The Hall–Kier alpha value is -2.60. The Kier molecular flexibility index (Phi) is 5.28. The van der Waals surface area contributed by atoms with Crippen molar-refractivity contribution in [2.75, 3.05) is 6.61 Å². The van der Waals surface area contributed by atoms with Crippen molar-refractivity contribution in [3.8, 4) is 5.75 Å². The van der Waals surface area contributed by atoms with E-state index in [-0.39, 0.29) is 11.2 Å². The molecule has 2 aromatic rings. The van der Waals surface area contributed by atoms with Crippen LogP contribution in [0, 0.1) is 0 Å². The molecule has 0 spiro atoms. The highest BCUT2D eigenvalue weighted by molar-refractivity contribution is 8.15. The summed E-state index contributed by atoms with van der Waals surface area (Å²) >= 11 is 1.37. The third-order valence-electron chi connectivity index (χ3n) is 3.35. The van der Waals surface area contributed by atoms with E-state index in [0.717, 1.165) is 16.9 Å². The molecule has 6 heteroatoms. The second kappa shape index (κ2) is 7.79. The fourth-order valence-corrected chi connectivity index (χ4v) is 3.16. The molecule has 122 valence electrons. The van der Waals surface area contributed by atoms with Crippen LogP contribution in [0.2, 0.25) is 0 Å². The zero-order valence-electron chi connectivity index (χ0n) is 13.2. The van der Waals surface area contributed by atoms with E-state index in [2.05, 4.69) is 15.5 Å². The molecule has 0 bridgehead atoms. The van der Waals surface area contributed by atoms with Crippen LogP contribution < -0.4 is 10.1 Å². The first kappa shape index (κ1) is 16.3. The predicted molar refractivity (Wildman–Crippen MR) is 97.6 cm³/mol. The molecule has 0 unspecified atom stereocenters. The molecule has 5 nitrogen and oxygen atoms in total. The summed E-state index contributed by atoms with van der Waals surface area (Å²) in [7, 11) is 0. The van der Waals surface area contributed by atoms with Crippen LogP contribution in [0.1, 0.15) is 23.3 Å². The normalized spacial score (nSPS) is 19.0. The number of carbonyl (C=O) groups excluding carboxylic acids is 1. The van der Waals surface area contributed by atoms with Gasteiger partial charge in [0.15, 0.2) is 5.17 Å². The summed E-state index contributed by atoms with van der Waals surface area (Å²) < 4.78 is 5.39. The van der Waals surface area contributed by atoms with Gasteiger partial charge in [-0.05, 0) is 42.3 Å². The van der Waals surface area contributed by atoms with E-state index < -0.39 is 0 Å². The Morgan fingerprint density at radius 1 is 1.17 bits per heavy atom. The third-order valence-corrected chi connectivity index (χ3v) is 4.48. The van der Waals surface area contributed by atoms with Crippen molar-refractivity contribution >= 4 is 29.1 Å². The quantitative estimate of drug-likeness (QED) is 0.671. The van der Waals surface area contributed by atoms with Crippen LogP contribution in [0.15, 0.2) is 64.8 Å². The van der Waals surface area contributed by atoms with Crippen LogP contribution in [-0.4, -0.2) is 23.9 Å². The Balaban J connectivity index is 1.64. The molecule has 24 heavy (non-hydrogen) atoms. The summed E-state index contributed by atoms with van der Waals surface area (Å²) in [4.78, 5) is 12.0. The van der Waals surface area contributed by atoms with E-state index in [0.29, 0.717) is 11.8 Å². The Morgan fingerprint density at radius 3 is 2.62 bits per heavy atom. The molecule has 1 saturated heterocycles. The van der Waals surface area contributed by atoms with Gasteiger partial charge in [-0.25, -0.2) is 0 Å². The maximum atomic E-state index is 12.0. The SMILES string of the molecule is CCOc1ccc(/C=N\N=C2NC(=O)[C@H](c3ccccc3)S2)cc1. The largest absolute Gasteiger partial charge is 0.494 e. The number of hydrogen-bond acceptors (Lipinski definition) is 5. The summed E-state index contributed by atoms with van der Waals surface area (Å²) in [6.07, 6.45) is 1.64. The smallest absolute Gasteiger partial charge is 0.244 e. The lowest BCUT2D eigenvalue weighted by molar-refractivity contribution is -0.118. The molecule has 0 radical (unpaired) electrons. The second-order valence-electron chi connectivity index (χ2n) is 5.05. The van der Waals surface area contributed by atoms with Crippen LogP contribution in [-0.2, 0) is 4.79 Å². The first-order valence-electron chi connectivity index (χ1n) is 7.62. The van der Waals surface area contributed by atoms with Gasteiger partial charge in [0, 0.05) is 0 Å². The van der Waals surface area contributed by atoms with Gasteiger partial charge in [0.25, 0.3) is 0 Å². The Labute approximate surface area is 144 Å². The highest BCUT2D eigenvalue weighted by Crippen LogP contribution is 2.34. The van der Waals surface area contributed by atoms with E-state index in [1.807, 2.05) is 61.5 Å². The molecule has 0 aromatic heterocycles. The molecule has 0 saturated carbocycles. The highest BCUT2D eigenvalue weighted by Gasteiger charge is 2.31. The topological polar surface area (TPSA) is 63.1 Å². The van der Waals surface area contributed by atoms with Crippen molar-refractivity contribution in [3.05, 3.63) is 65.7 Å². The first-order chi connectivity index (χ1) is 11.8. The van der Waals surface area contributed by atoms with Gasteiger partial charge in [-0.15, -0.1) is 5.10 Å². The van der Waals surface area contributed by atoms with Crippen LogP contribution in [0.25, 0.3) is 0 Å². The van der Waals surface area contributed by atoms with Gasteiger partial charge in [-0.1, -0.05) is 42.1 Å². The minimum absolute atomic E-state index is 0.0683. The lowest BCUT2D eigenvalue weighted by Gasteiger charge is -2.03. The summed E-state index contributed by atoms with van der Waals surface area (Å²) in [6.45, 7) is 2.59. The molecule has 1 fully saturated rings. The van der Waals surface area contributed by atoms with E-state index in [1.54, 1.807) is 6.21 Å². The standard InChI is InChI=1S/C18H17N3O2S/c1-2-23-15-10-8-13(9-11-15)12-19-21-18-20-17(22)16(24-18)14-6-4-3-5-7-14/h3-12,16H,2H2,1H3,(H,20,21,22)/b19-12-/t16-/m0/s1. The number of rotatable bonds is 5. The summed E-state index contributed by atoms with van der Waals surface area (Å²) in [5, 5.41) is 11.1. The number of benzene rings is 2. The zero-order valence-corrected chi connectivity index (χ0v) is 14.0. The maximum Gasteiger partial charge on any atom is 0.244 e. The molecule has 2 aromatic carbocycles. The van der Waals surface area contributed by atoms with Gasteiger partial charge >= 0.3 is 0 Å². The van der Waals surface area contributed by atoms with Gasteiger partial charge in [-0.2, -0.15) is 5.10 Å². The molecule has 1 aliphatic heterocycles. The molecule has 1 amide bonds. The van der Waals surface area contributed by atoms with Crippen molar-refractivity contribution in [2.24, 2.45) is 10.2 Å². The Bertz CT molecular complexity index is 758. The van der Waals surface area contributed by atoms with Crippen molar-refractivity contribution < 1.29 is 9.53 Å². The Morgan fingerprint density at radius 2 is 1.92 bits per heavy atom. The average Bonchev–Trinajstić information content (AvgIpc) is 2.98. The van der Waals surface area contributed by atoms with Crippen molar-refractivity contribution in [1.29, 1.82) is 0 Å². The van der Waals surface area contributed by atoms with Gasteiger partial charge in [0.2, 0.25) is 5.91 Å². The van der Waals surface area contributed by atoms with Crippen molar-refractivity contribution in [3.63, 3.8) is 0 Å². The number of thioether (sulfide) groups is 1.